The van der Waals surface area contributed by atoms with Gasteiger partial charge in [0.2, 0.25) is 0 Å². The molecule has 0 fully saturated rings. The summed E-state index contributed by atoms with van der Waals surface area (Å²) in [6, 6.07) is 6.00. The summed E-state index contributed by atoms with van der Waals surface area (Å²) >= 11 is 0. The normalized spacial score (nSPS) is 12.3. The zero-order valence-corrected chi connectivity index (χ0v) is 11.9. The number of aryl methyl sites for hydroxylation is 2. The van der Waals surface area contributed by atoms with E-state index in [-0.39, 0.29) is 5.91 Å². The molecule has 1 N–H and O–H groups in total. The molecule has 0 heterocycles. The van der Waals surface area contributed by atoms with Gasteiger partial charge in [-0.05, 0) is 43.9 Å². The highest BCUT2D eigenvalue weighted by molar-refractivity contribution is 5.80. The summed E-state index contributed by atoms with van der Waals surface area (Å²) < 4.78 is 5.71. The largest absolute Gasteiger partial charge is 0.481 e. The predicted molar refractivity (Wildman–Crippen MR) is 73.9 cm³/mol. The predicted octanol–water partition coefficient (Wildman–Crippen LogP) is 2.84. The number of amides is 1. The third-order valence-electron chi connectivity index (χ3n) is 2.70. The van der Waals surface area contributed by atoms with Crippen LogP contribution in [0.15, 0.2) is 18.2 Å². The summed E-state index contributed by atoms with van der Waals surface area (Å²) in [6.45, 7) is 10.6. The number of carbonyl (C=O) groups is 1. The fourth-order valence-electron chi connectivity index (χ4n) is 1.53. The van der Waals surface area contributed by atoms with Gasteiger partial charge in [-0.2, -0.15) is 0 Å². The Labute approximate surface area is 110 Å². The molecular weight excluding hydrogens is 226 g/mol. The minimum Gasteiger partial charge on any atom is -0.481 e. The van der Waals surface area contributed by atoms with Gasteiger partial charge in [0.15, 0.2) is 6.10 Å². The van der Waals surface area contributed by atoms with E-state index < -0.39 is 6.10 Å². The molecule has 0 unspecified atom stereocenters. The molecule has 100 valence electrons. The van der Waals surface area contributed by atoms with Crippen LogP contribution in [-0.4, -0.2) is 18.6 Å². The molecule has 0 saturated carbocycles. The quantitative estimate of drug-likeness (QED) is 0.871. The molecule has 1 atom stereocenters. The van der Waals surface area contributed by atoms with Crippen LogP contribution in [0.5, 0.6) is 5.75 Å². The third-order valence-corrected chi connectivity index (χ3v) is 2.70. The van der Waals surface area contributed by atoms with Crippen molar-refractivity contribution in [2.75, 3.05) is 6.54 Å². The van der Waals surface area contributed by atoms with Crippen LogP contribution in [0.3, 0.4) is 0 Å². The Hall–Kier alpha value is -1.51. The highest BCUT2D eigenvalue weighted by Gasteiger charge is 2.15. The van der Waals surface area contributed by atoms with Crippen LogP contribution in [0.2, 0.25) is 0 Å². The first-order chi connectivity index (χ1) is 8.40. The maximum Gasteiger partial charge on any atom is 0.260 e. The van der Waals surface area contributed by atoms with Gasteiger partial charge in [-0.15, -0.1) is 0 Å². The van der Waals surface area contributed by atoms with Gasteiger partial charge in [0.1, 0.15) is 5.75 Å². The Bertz CT molecular complexity index is 413. The van der Waals surface area contributed by atoms with Crippen molar-refractivity contribution in [1.29, 1.82) is 0 Å². The van der Waals surface area contributed by atoms with Gasteiger partial charge in [-0.3, -0.25) is 4.79 Å². The van der Waals surface area contributed by atoms with Gasteiger partial charge < -0.3 is 10.1 Å². The van der Waals surface area contributed by atoms with Crippen LogP contribution in [0.4, 0.5) is 0 Å². The van der Waals surface area contributed by atoms with E-state index in [0.29, 0.717) is 12.5 Å². The second-order valence-electron chi connectivity index (χ2n) is 5.17. The number of benzene rings is 1. The van der Waals surface area contributed by atoms with Crippen LogP contribution >= 0.6 is 0 Å². The average Bonchev–Trinajstić information content (AvgIpc) is 2.30. The maximum atomic E-state index is 11.8. The Kier molecular flexibility index (Phi) is 5.20. The smallest absolute Gasteiger partial charge is 0.260 e. The summed E-state index contributed by atoms with van der Waals surface area (Å²) in [5, 5.41) is 2.87. The molecule has 3 nitrogen and oxygen atoms in total. The number of carbonyl (C=O) groups excluding carboxylic acids is 1. The van der Waals surface area contributed by atoms with E-state index in [1.807, 2.05) is 32.0 Å². The highest BCUT2D eigenvalue weighted by Crippen LogP contribution is 2.20. The van der Waals surface area contributed by atoms with Gasteiger partial charge in [0.25, 0.3) is 5.91 Å². The number of nitrogens with one attached hydrogen (secondary N) is 1. The van der Waals surface area contributed by atoms with Crippen LogP contribution in [0.25, 0.3) is 0 Å². The summed E-state index contributed by atoms with van der Waals surface area (Å²) in [5.74, 6) is 1.16. The second kappa shape index (κ2) is 6.43. The van der Waals surface area contributed by atoms with Gasteiger partial charge in [-0.25, -0.2) is 0 Å². The zero-order chi connectivity index (χ0) is 13.7. The van der Waals surface area contributed by atoms with Gasteiger partial charge in [0.05, 0.1) is 0 Å². The zero-order valence-electron chi connectivity index (χ0n) is 11.9. The molecule has 0 bridgehead atoms. The number of rotatable bonds is 5. The Morgan fingerprint density at radius 3 is 2.56 bits per heavy atom. The standard InChI is InChI=1S/C15H23NO2/c1-10(2)9-16-15(17)13(5)18-14-8-11(3)6-7-12(14)4/h6-8,10,13H,9H2,1-5H3,(H,16,17)/t13-/m0/s1. The van der Waals surface area contributed by atoms with Crippen molar-refractivity contribution in [2.24, 2.45) is 5.92 Å². The Morgan fingerprint density at radius 1 is 1.28 bits per heavy atom. The molecule has 1 aromatic carbocycles. The van der Waals surface area contributed by atoms with E-state index in [0.717, 1.165) is 16.9 Å². The van der Waals surface area contributed by atoms with E-state index in [1.54, 1.807) is 6.92 Å². The lowest BCUT2D eigenvalue weighted by atomic mass is 10.1. The molecule has 0 radical (unpaired) electrons. The summed E-state index contributed by atoms with van der Waals surface area (Å²) in [7, 11) is 0. The van der Waals surface area contributed by atoms with Gasteiger partial charge in [0, 0.05) is 6.54 Å². The van der Waals surface area contributed by atoms with Crippen molar-refractivity contribution in [3.63, 3.8) is 0 Å². The Morgan fingerprint density at radius 2 is 1.94 bits per heavy atom. The topological polar surface area (TPSA) is 38.3 Å². The summed E-state index contributed by atoms with van der Waals surface area (Å²) in [4.78, 5) is 11.8. The minimum absolute atomic E-state index is 0.0652. The van der Waals surface area contributed by atoms with Crippen molar-refractivity contribution in [2.45, 2.75) is 40.7 Å². The minimum atomic E-state index is -0.468. The molecule has 0 aliphatic carbocycles. The van der Waals surface area contributed by atoms with Crippen LogP contribution in [-0.2, 0) is 4.79 Å². The fraction of sp³-hybridized carbons (Fsp3) is 0.533. The Balaban J connectivity index is 2.60. The average molecular weight is 249 g/mol. The molecule has 1 amide bonds. The van der Waals surface area contributed by atoms with Crippen LogP contribution in [0, 0.1) is 19.8 Å². The first kappa shape index (κ1) is 14.6. The summed E-state index contributed by atoms with van der Waals surface area (Å²) in [5.41, 5.74) is 2.18. The highest BCUT2D eigenvalue weighted by atomic mass is 16.5. The van der Waals surface area contributed by atoms with E-state index in [9.17, 15) is 4.79 Å². The van der Waals surface area contributed by atoms with Gasteiger partial charge in [-0.1, -0.05) is 26.0 Å². The fourth-order valence-corrected chi connectivity index (χ4v) is 1.53. The van der Waals surface area contributed by atoms with Crippen molar-refractivity contribution in [3.05, 3.63) is 29.3 Å². The lowest BCUT2D eigenvalue weighted by molar-refractivity contribution is -0.127. The molecule has 0 spiro atoms. The molecule has 1 aromatic rings. The van der Waals surface area contributed by atoms with Gasteiger partial charge >= 0.3 is 0 Å². The van der Waals surface area contributed by atoms with Crippen LogP contribution in [0.1, 0.15) is 31.9 Å². The molecule has 0 aliphatic heterocycles. The lowest BCUT2D eigenvalue weighted by Crippen LogP contribution is -2.38. The van der Waals surface area contributed by atoms with Crippen molar-refractivity contribution in [1.82, 2.24) is 5.32 Å². The number of hydrogen-bond acceptors (Lipinski definition) is 2. The second-order valence-corrected chi connectivity index (χ2v) is 5.17. The molecule has 18 heavy (non-hydrogen) atoms. The first-order valence-corrected chi connectivity index (χ1v) is 6.41. The lowest BCUT2D eigenvalue weighted by Gasteiger charge is -2.17. The van der Waals surface area contributed by atoms with E-state index >= 15 is 0 Å². The molecular formula is C15H23NO2. The molecule has 0 aliphatic rings. The monoisotopic (exact) mass is 249 g/mol. The van der Waals surface area contributed by atoms with E-state index in [2.05, 4.69) is 19.2 Å². The SMILES string of the molecule is Cc1ccc(C)c(O[C@@H](C)C(=O)NCC(C)C)c1. The molecule has 0 saturated heterocycles. The number of ether oxygens (including phenoxy) is 1. The van der Waals surface area contributed by atoms with E-state index in [4.69, 9.17) is 4.74 Å². The van der Waals surface area contributed by atoms with E-state index in [1.165, 1.54) is 0 Å². The third kappa shape index (κ3) is 4.40. The molecule has 1 rings (SSSR count). The molecule has 3 heteroatoms. The number of hydrogen-bond donors (Lipinski definition) is 1. The van der Waals surface area contributed by atoms with Crippen molar-refractivity contribution >= 4 is 5.91 Å². The maximum absolute atomic E-state index is 11.8. The molecule has 0 aromatic heterocycles. The summed E-state index contributed by atoms with van der Waals surface area (Å²) in [6.07, 6.45) is -0.468. The van der Waals surface area contributed by atoms with Crippen molar-refractivity contribution < 1.29 is 9.53 Å². The van der Waals surface area contributed by atoms with Crippen molar-refractivity contribution in [3.8, 4) is 5.75 Å². The van der Waals surface area contributed by atoms with Crippen LogP contribution < -0.4 is 10.1 Å². The first-order valence-electron chi connectivity index (χ1n) is 6.41.